The molecular formula is C45H27N3O. The summed E-state index contributed by atoms with van der Waals surface area (Å²) in [4.78, 5) is 15.5. The monoisotopic (exact) mass is 625 g/mol. The highest BCUT2D eigenvalue weighted by atomic mass is 16.3. The van der Waals surface area contributed by atoms with Crippen LogP contribution >= 0.6 is 0 Å². The van der Waals surface area contributed by atoms with Crippen LogP contribution in [0.4, 0.5) is 0 Å². The van der Waals surface area contributed by atoms with E-state index in [1.807, 2.05) is 18.2 Å². The van der Waals surface area contributed by atoms with E-state index in [9.17, 15) is 0 Å². The molecule has 10 rings (SSSR count). The highest BCUT2D eigenvalue weighted by Crippen LogP contribution is 2.38. The summed E-state index contributed by atoms with van der Waals surface area (Å²) in [6.07, 6.45) is 0. The molecule has 0 spiro atoms. The Hall–Kier alpha value is -6.65. The van der Waals surface area contributed by atoms with E-state index in [0.29, 0.717) is 17.5 Å². The Labute approximate surface area is 282 Å². The van der Waals surface area contributed by atoms with Gasteiger partial charge in [-0.1, -0.05) is 146 Å². The van der Waals surface area contributed by atoms with Gasteiger partial charge in [-0.2, -0.15) is 0 Å². The fourth-order valence-electron chi connectivity index (χ4n) is 7.22. The van der Waals surface area contributed by atoms with Crippen molar-refractivity contribution in [2.24, 2.45) is 0 Å². The van der Waals surface area contributed by atoms with E-state index in [4.69, 9.17) is 19.4 Å². The van der Waals surface area contributed by atoms with Gasteiger partial charge < -0.3 is 4.42 Å². The number of nitrogens with zero attached hydrogens (tertiary/aromatic N) is 3. The van der Waals surface area contributed by atoms with Crippen molar-refractivity contribution in [2.45, 2.75) is 0 Å². The Kier molecular flexibility index (Phi) is 6.15. The highest BCUT2D eigenvalue weighted by molar-refractivity contribution is 6.14. The first-order valence-electron chi connectivity index (χ1n) is 16.4. The van der Waals surface area contributed by atoms with Crippen molar-refractivity contribution in [2.75, 3.05) is 0 Å². The van der Waals surface area contributed by atoms with Crippen molar-refractivity contribution in [3.05, 3.63) is 164 Å². The number of hydrogen-bond donors (Lipinski definition) is 0. The summed E-state index contributed by atoms with van der Waals surface area (Å²) in [5, 5.41) is 9.12. The lowest BCUT2D eigenvalue weighted by molar-refractivity contribution is 0.669. The number of rotatable bonds is 4. The second-order valence-electron chi connectivity index (χ2n) is 12.4. The first-order chi connectivity index (χ1) is 24.3. The summed E-state index contributed by atoms with van der Waals surface area (Å²) in [6.45, 7) is 0. The third-order valence-corrected chi connectivity index (χ3v) is 9.53. The molecule has 0 amide bonds. The van der Waals surface area contributed by atoms with E-state index in [0.717, 1.165) is 71.3 Å². The van der Waals surface area contributed by atoms with Crippen molar-refractivity contribution < 1.29 is 4.42 Å². The van der Waals surface area contributed by atoms with Gasteiger partial charge >= 0.3 is 0 Å². The summed E-state index contributed by atoms with van der Waals surface area (Å²) < 4.78 is 6.18. The second-order valence-corrected chi connectivity index (χ2v) is 12.4. The second kappa shape index (κ2) is 11.0. The molecule has 2 heterocycles. The molecule has 8 aromatic carbocycles. The molecule has 0 unspecified atom stereocenters. The van der Waals surface area contributed by atoms with E-state index in [2.05, 4.69) is 146 Å². The number of hydrogen-bond acceptors (Lipinski definition) is 4. The summed E-state index contributed by atoms with van der Waals surface area (Å²) in [6, 6.07) is 56.9. The maximum atomic E-state index is 6.18. The molecule has 0 aliphatic rings. The number of fused-ring (bicyclic) bond motifs is 7. The van der Waals surface area contributed by atoms with Gasteiger partial charge in [-0.15, -0.1) is 0 Å². The summed E-state index contributed by atoms with van der Waals surface area (Å²) in [7, 11) is 0. The SMILES string of the molecule is c1ccc2c(-c3nc(-c4ccc(-c5cccc6oc7ccccc7c56)cc4)nc(-c4cc5ccccc5c5ccccc45)n3)cccc2c1. The van der Waals surface area contributed by atoms with E-state index in [-0.39, 0.29) is 0 Å². The molecule has 0 saturated heterocycles. The van der Waals surface area contributed by atoms with Crippen molar-refractivity contribution >= 4 is 54.3 Å². The minimum absolute atomic E-state index is 0.628. The minimum atomic E-state index is 0.628. The van der Waals surface area contributed by atoms with Crippen LogP contribution in [-0.4, -0.2) is 15.0 Å². The van der Waals surface area contributed by atoms with Gasteiger partial charge in [0.25, 0.3) is 0 Å². The first-order valence-corrected chi connectivity index (χ1v) is 16.4. The van der Waals surface area contributed by atoms with Gasteiger partial charge in [0.05, 0.1) is 0 Å². The minimum Gasteiger partial charge on any atom is -0.456 e. The van der Waals surface area contributed by atoms with Crippen LogP contribution in [0.5, 0.6) is 0 Å². The molecule has 228 valence electrons. The van der Waals surface area contributed by atoms with Gasteiger partial charge in [-0.25, -0.2) is 15.0 Å². The predicted octanol–water partition coefficient (Wildman–Crippen LogP) is 11.9. The van der Waals surface area contributed by atoms with E-state index in [1.54, 1.807) is 0 Å². The zero-order chi connectivity index (χ0) is 32.3. The highest BCUT2D eigenvalue weighted by Gasteiger charge is 2.18. The van der Waals surface area contributed by atoms with E-state index >= 15 is 0 Å². The number of para-hydroxylation sites is 1. The maximum Gasteiger partial charge on any atom is 0.164 e. The number of benzene rings is 8. The normalized spacial score (nSPS) is 11.7. The van der Waals surface area contributed by atoms with Crippen molar-refractivity contribution in [3.63, 3.8) is 0 Å². The lowest BCUT2D eigenvalue weighted by Gasteiger charge is -2.13. The van der Waals surface area contributed by atoms with Crippen LogP contribution in [-0.2, 0) is 0 Å². The maximum absolute atomic E-state index is 6.18. The Balaban J connectivity index is 1.18. The summed E-state index contributed by atoms with van der Waals surface area (Å²) in [5.41, 5.74) is 6.88. The quantitative estimate of drug-likeness (QED) is 0.183. The molecule has 4 heteroatoms. The Bertz CT molecular complexity index is 2880. The summed E-state index contributed by atoms with van der Waals surface area (Å²) >= 11 is 0. The molecule has 0 atom stereocenters. The van der Waals surface area contributed by atoms with E-state index in [1.165, 1.54) is 10.8 Å². The summed E-state index contributed by atoms with van der Waals surface area (Å²) in [5.74, 6) is 1.92. The number of furan rings is 1. The largest absolute Gasteiger partial charge is 0.456 e. The van der Waals surface area contributed by atoms with Crippen molar-refractivity contribution in [1.29, 1.82) is 0 Å². The molecule has 0 aliphatic carbocycles. The predicted molar refractivity (Wildman–Crippen MR) is 201 cm³/mol. The van der Waals surface area contributed by atoms with Crippen molar-refractivity contribution in [1.82, 2.24) is 15.0 Å². The Morgan fingerprint density at radius 2 is 0.878 bits per heavy atom. The van der Waals surface area contributed by atoms with Crippen LogP contribution in [0.15, 0.2) is 168 Å². The van der Waals surface area contributed by atoms with Crippen LogP contribution in [0.3, 0.4) is 0 Å². The van der Waals surface area contributed by atoms with E-state index < -0.39 is 0 Å². The van der Waals surface area contributed by atoms with Crippen molar-refractivity contribution in [3.8, 4) is 45.3 Å². The van der Waals surface area contributed by atoms with Crippen LogP contribution in [0.2, 0.25) is 0 Å². The molecule has 0 aliphatic heterocycles. The number of aromatic nitrogens is 3. The lowest BCUT2D eigenvalue weighted by Crippen LogP contribution is -2.01. The fraction of sp³-hybridized carbons (Fsp3) is 0. The molecular weight excluding hydrogens is 599 g/mol. The molecule has 0 radical (unpaired) electrons. The lowest BCUT2D eigenvalue weighted by atomic mass is 9.96. The molecule has 0 N–H and O–H groups in total. The van der Waals surface area contributed by atoms with Crippen LogP contribution in [0.1, 0.15) is 0 Å². The van der Waals surface area contributed by atoms with Crippen LogP contribution in [0.25, 0.3) is 99.5 Å². The molecule has 49 heavy (non-hydrogen) atoms. The standard InChI is InChI=1S/C45H27N3O/c1-3-14-32-28(11-1)13-9-20-37(32)44-46-43(47-45(48-44)39-27-31-12-2-4-15-33(31)35-16-5-6-17-36(35)39)30-25-23-29(24-26-30)34-19-10-22-41-42(34)38-18-7-8-21-40(38)49-41/h1-27H. The van der Waals surface area contributed by atoms with Crippen LogP contribution < -0.4 is 0 Å². The van der Waals surface area contributed by atoms with Crippen LogP contribution in [0, 0.1) is 0 Å². The first kappa shape index (κ1) is 27.5. The Morgan fingerprint density at radius 3 is 1.71 bits per heavy atom. The smallest absolute Gasteiger partial charge is 0.164 e. The zero-order valence-electron chi connectivity index (χ0n) is 26.3. The molecule has 0 saturated carbocycles. The average Bonchev–Trinajstić information content (AvgIpc) is 3.56. The van der Waals surface area contributed by atoms with Gasteiger partial charge in [-0.05, 0) is 61.6 Å². The fourth-order valence-corrected chi connectivity index (χ4v) is 7.22. The molecule has 0 bridgehead atoms. The van der Waals surface area contributed by atoms with Gasteiger partial charge in [0, 0.05) is 27.5 Å². The topological polar surface area (TPSA) is 51.8 Å². The van der Waals surface area contributed by atoms with Gasteiger partial charge in [-0.3, -0.25) is 0 Å². The third kappa shape index (κ3) is 4.49. The molecule has 4 nitrogen and oxygen atoms in total. The Morgan fingerprint density at radius 1 is 0.327 bits per heavy atom. The van der Waals surface area contributed by atoms with Gasteiger partial charge in [0.2, 0.25) is 0 Å². The van der Waals surface area contributed by atoms with Gasteiger partial charge in [0.15, 0.2) is 17.5 Å². The molecule has 0 fully saturated rings. The molecule has 10 aromatic rings. The zero-order valence-corrected chi connectivity index (χ0v) is 26.3. The molecule has 2 aromatic heterocycles. The van der Waals surface area contributed by atoms with Gasteiger partial charge in [0.1, 0.15) is 11.2 Å². The average molecular weight is 626 g/mol. The third-order valence-electron chi connectivity index (χ3n) is 9.53.